The summed E-state index contributed by atoms with van der Waals surface area (Å²) in [5.74, 6) is -0.980. The van der Waals surface area contributed by atoms with Crippen LogP contribution in [-0.2, 0) is 17.8 Å². The lowest BCUT2D eigenvalue weighted by atomic mass is 10.2. The fourth-order valence-electron chi connectivity index (χ4n) is 2.70. The van der Waals surface area contributed by atoms with E-state index in [4.69, 9.17) is 9.84 Å². The SMILES string of the molecule is O=C(O)c1[nH]ncc1CN1CCCOC(Cn2cccn2)C1. The number of nitrogens with zero attached hydrogens (tertiary/aromatic N) is 4. The lowest BCUT2D eigenvalue weighted by molar-refractivity contribution is 0.0390. The Morgan fingerprint density at radius 2 is 2.45 bits per heavy atom. The molecule has 0 bridgehead atoms. The first-order valence-electron chi connectivity index (χ1n) is 7.29. The summed E-state index contributed by atoms with van der Waals surface area (Å²) < 4.78 is 7.72. The summed E-state index contributed by atoms with van der Waals surface area (Å²) in [6.07, 6.45) is 6.21. The molecule has 0 amide bonds. The smallest absolute Gasteiger partial charge is 0.354 e. The van der Waals surface area contributed by atoms with Gasteiger partial charge in [0.1, 0.15) is 5.69 Å². The fourth-order valence-corrected chi connectivity index (χ4v) is 2.70. The predicted octanol–water partition coefficient (Wildman–Crippen LogP) is 0.595. The van der Waals surface area contributed by atoms with E-state index in [9.17, 15) is 4.79 Å². The molecule has 1 atom stereocenters. The third kappa shape index (κ3) is 3.52. The summed E-state index contributed by atoms with van der Waals surface area (Å²) in [4.78, 5) is 13.3. The van der Waals surface area contributed by atoms with E-state index in [1.54, 1.807) is 12.4 Å². The molecule has 1 saturated heterocycles. The van der Waals surface area contributed by atoms with Gasteiger partial charge < -0.3 is 9.84 Å². The van der Waals surface area contributed by atoms with Crippen molar-refractivity contribution in [2.45, 2.75) is 25.6 Å². The quantitative estimate of drug-likeness (QED) is 0.839. The fraction of sp³-hybridized carbons (Fsp3) is 0.500. The first kappa shape index (κ1) is 14.7. The molecule has 1 unspecified atom stereocenters. The highest BCUT2D eigenvalue weighted by Crippen LogP contribution is 2.14. The molecule has 1 aliphatic rings. The van der Waals surface area contributed by atoms with E-state index in [-0.39, 0.29) is 11.8 Å². The van der Waals surface area contributed by atoms with Crippen LogP contribution in [0.15, 0.2) is 24.7 Å². The van der Waals surface area contributed by atoms with Crippen LogP contribution in [-0.4, -0.2) is 61.8 Å². The minimum atomic E-state index is -0.980. The van der Waals surface area contributed by atoms with E-state index < -0.39 is 5.97 Å². The Hall–Kier alpha value is -2.19. The van der Waals surface area contributed by atoms with Gasteiger partial charge in [-0.05, 0) is 12.5 Å². The molecule has 0 spiro atoms. The minimum Gasteiger partial charge on any atom is -0.477 e. The second kappa shape index (κ2) is 6.71. The zero-order chi connectivity index (χ0) is 15.4. The molecule has 2 aromatic rings. The summed E-state index contributed by atoms with van der Waals surface area (Å²) in [6.45, 7) is 3.57. The van der Waals surface area contributed by atoms with Gasteiger partial charge in [0, 0.05) is 44.2 Å². The van der Waals surface area contributed by atoms with Crippen LogP contribution in [0, 0.1) is 0 Å². The average Bonchev–Trinajstić information content (AvgIpc) is 3.09. The molecule has 2 N–H and O–H groups in total. The van der Waals surface area contributed by atoms with E-state index in [1.807, 2.05) is 16.9 Å². The number of H-pyrrole nitrogens is 1. The number of aromatic amines is 1. The van der Waals surface area contributed by atoms with Crippen molar-refractivity contribution < 1.29 is 14.6 Å². The number of nitrogens with one attached hydrogen (secondary N) is 1. The molecule has 1 fully saturated rings. The molecule has 3 rings (SSSR count). The molecule has 0 aromatic carbocycles. The zero-order valence-electron chi connectivity index (χ0n) is 12.2. The summed E-state index contributed by atoms with van der Waals surface area (Å²) in [7, 11) is 0. The topological polar surface area (TPSA) is 96.3 Å². The van der Waals surface area contributed by atoms with Gasteiger partial charge in [-0.15, -0.1) is 0 Å². The largest absolute Gasteiger partial charge is 0.477 e. The number of carbonyl (C=O) groups is 1. The Labute approximate surface area is 127 Å². The number of hydrogen-bond donors (Lipinski definition) is 2. The van der Waals surface area contributed by atoms with E-state index in [2.05, 4.69) is 20.2 Å². The first-order chi connectivity index (χ1) is 10.7. The average molecular weight is 305 g/mol. The molecule has 8 heteroatoms. The molecule has 22 heavy (non-hydrogen) atoms. The van der Waals surface area contributed by atoms with Crippen molar-refractivity contribution in [1.82, 2.24) is 24.9 Å². The molecule has 118 valence electrons. The van der Waals surface area contributed by atoms with Crippen LogP contribution in [0.3, 0.4) is 0 Å². The van der Waals surface area contributed by atoms with Crippen molar-refractivity contribution in [2.75, 3.05) is 19.7 Å². The molecular formula is C14H19N5O3. The maximum atomic E-state index is 11.1. The predicted molar refractivity (Wildman–Crippen MR) is 77.4 cm³/mol. The number of aromatic nitrogens is 4. The Morgan fingerprint density at radius 3 is 3.23 bits per heavy atom. The summed E-state index contributed by atoms with van der Waals surface area (Å²) in [5.41, 5.74) is 0.862. The highest BCUT2D eigenvalue weighted by molar-refractivity contribution is 5.86. The zero-order valence-corrected chi connectivity index (χ0v) is 12.2. The number of ether oxygens (including phenoxy) is 1. The van der Waals surface area contributed by atoms with Gasteiger partial charge in [-0.3, -0.25) is 14.7 Å². The lowest BCUT2D eigenvalue weighted by Crippen LogP contribution is -2.34. The van der Waals surface area contributed by atoms with Crippen LogP contribution in [0.2, 0.25) is 0 Å². The van der Waals surface area contributed by atoms with Crippen LogP contribution in [0.5, 0.6) is 0 Å². The lowest BCUT2D eigenvalue weighted by Gasteiger charge is -2.23. The van der Waals surface area contributed by atoms with Gasteiger partial charge in [0.25, 0.3) is 0 Å². The Kier molecular flexibility index (Phi) is 4.50. The molecular weight excluding hydrogens is 286 g/mol. The van der Waals surface area contributed by atoms with Crippen LogP contribution < -0.4 is 0 Å². The van der Waals surface area contributed by atoms with Gasteiger partial charge in [0.05, 0.1) is 18.8 Å². The third-order valence-corrected chi connectivity index (χ3v) is 3.71. The Bertz CT molecular complexity index is 610. The molecule has 1 aliphatic heterocycles. The van der Waals surface area contributed by atoms with Gasteiger partial charge in [0.2, 0.25) is 0 Å². The van der Waals surface area contributed by atoms with Gasteiger partial charge in [-0.1, -0.05) is 0 Å². The van der Waals surface area contributed by atoms with Crippen LogP contribution >= 0.6 is 0 Å². The van der Waals surface area contributed by atoms with Gasteiger partial charge >= 0.3 is 5.97 Å². The standard InChI is InChI=1S/C14H19N5O3/c20-14(21)13-11(7-15-17-13)8-18-4-2-6-22-12(9-18)10-19-5-1-3-16-19/h1,3,5,7,12H,2,4,6,8-10H2,(H,15,17)(H,20,21). The van der Waals surface area contributed by atoms with Crippen molar-refractivity contribution in [1.29, 1.82) is 0 Å². The van der Waals surface area contributed by atoms with E-state index in [0.717, 1.165) is 19.5 Å². The molecule has 0 radical (unpaired) electrons. The van der Waals surface area contributed by atoms with E-state index in [1.165, 1.54) is 0 Å². The van der Waals surface area contributed by atoms with Crippen LogP contribution in [0.1, 0.15) is 22.5 Å². The van der Waals surface area contributed by atoms with Crippen molar-refractivity contribution in [2.24, 2.45) is 0 Å². The molecule has 0 saturated carbocycles. The second-order valence-corrected chi connectivity index (χ2v) is 5.38. The van der Waals surface area contributed by atoms with Crippen molar-refractivity contribution in [3.63, 3.8) is 0 Å². The molecule has 8 nitrogen and oxygen atoms in total. The number of hydrogen-bond acceptors (Lipinski definition) is 5. The van der Waals surface area contributed by atoms with Crippen LogP contribution in [0.4, 0.5) is 0 Å². The monoisotopic (exact) mass is 305 g/mol. The van der Waals surface area contributed by atoms with Gasteiger partial charge in [0.15, 0.2) is 0 Å². The van der Waals surface area contributed by atoms with Crippen molar-refractivity contribution in [3.8, 4) is 0 Å². The van der Waals surface area contributed by atoms with E-state index in [0.29, 0.717) is 25.3 Å². The first-order valence-corrected chi connectivity index (χ1v) is 7.29. The maximum absolute atomic E-state index is 11.1. The normalized spacial score (nSPS) is 19.9. The summed E-state index contributed by atoms with van der Waals surface area (Å²) in [5, 5.41) is 19.7. The van der Waals surface area contributed by atoms with Crippen molar-refractivity contribution in [3.05, 3.63) is 35.9 Å². The van der Waals surface area contributed by atoms with Gasteiger partial charge in [-0.2, -0.15) is 10.2 Å². The number of rotatable bonds is 5. The molecule has 0 aliphatic carbocycles. The molecule has 3 heterocycles. The van der Waals surface area contributed by atoms with Crippen LogP contribution in [0.25, 0.3) is 0 Å². The van der Waals surface area contributed by atoms with Crippen molar-refractivity contribution >= 4 is 5.97 Å². The summed E-state index contributed by atoms with van der Waals surface area (Å²) >= 11 is 0. The second-order valence-electron chi connectivity index (χ2n) is 5.38. The molecule has 2 aromatic heterocycles. The highest BCUT2D eigenvalue weighted by atomic mass is 16.5. The number of aromatic carboxylic acids is 1. The third-order valence-electron chi connectivity index (χ3n) is 3.71. The number of carboxylic acids is 1. The van der Waals surface area contributed by atoms with E-state index >= 15 is 0 Å². The van der Waals surface area contributed by atoms with Gasteiger partial charge in [-0.25, -0.2) is 4.79 Å². The minimum absolute atomic E-state index is 0.0441. The maximum Gasteiger partial charge on any atom is 0.354 e. The Balaban J connectivity index is 1.65. The highest BCUT2D eigenvalue weighted by Gasteiger charge is 2.22. The Morgan fingerprint density at radius 1 is 1.55 bits per heavy atom. The summed E-state index contributed by atoms with van der Waals surface area (Å²) in [6, 6.07) is 1.89. The number of carboxylic acid groups (broad SMARTS) is 1.